The Morgan fingerprint density at radius 2 is 1.59 bits per heavy atom. The smallest absolute Gasteiger partial charge is 0.228 e. The molecule has 4 rings (SSSR count). The first-order valence-corrected chi connectivity index (χ1v) is 10.5. The van der Waals surface area contributed by atoms with Crippen LogP contribution in [0.1, 0.15) is 44.2 Å². The van der Waals surface area contributed by atoms with Gasteiger partial charge in [-0.2, -0.15) is 15.0 Å². The van der Waals surface area contributed by atoms with E-state index in [9.17, 15) is 13.2 Å². The number of aromatic nitrogens is 5. The maximum absolute atomic E-state index is 13.8. The van der Waals surface area contributed by atoms with Crippen molar-refractivity contribution in [2.24, 2.45) is 0 Å². The van der Waals surface area contributed by atoms with Crippen LogP contribution in [0.4, 0.5) is 25.1 Å². The number of nitrogens with one attached hydrogen (secondary N) is 2. The summed E-state index contributed by atoms with van der Waals surface area (Å²) in [4.78, 5) is 21.3. The van der Waals surface area contributed by atoms with Gasteiger partial charge in [-0.25, -0.2) is 23.1 Å². The minimum Gasteiger partial charge on any atom is -0.351 e. The highest BCUT2D eigenvalue weighted by Crippen LogP contribution is 2.43. The van der Waals surface area contributed by atoms with Gasteiger partial charge in [0.1, 0.15) is 11.1 Å². The molecule has 2 aromatic heterocycles. The lowest BCUT2D eigenvalue weighted by atomic mass is 9.79. The van der Waals surface area contributed by atoms with E-state index >= 15 is 0 Å². The number of rotatable bonds is 6. The van der Waals surface area contributed by atoms with Crippen molar-refractivity contribution < 1.29 is 13.2 Å². The van der Waals surface area contributed by atoms with Crippen molar-refractivity contribution in [3.63, 3.8) is 0 Å². The predicted octanol–water partition coefficient (Wildman–Crippen LogP) is 3.59. The molecule has 0 aromatic carbocycles. The average Bonchev–Trinajstić information content (AvgIpc) is 2.58. The fourth-order valence-electron chi connectivity index (χ4n) is 3.54. The van der Waals surface area contributed by atoms with Crippen molar-refractivity contribution in [3.05, 3.63) is 18.0 Å². The van der Waals surface area contributed by atoms with Gasteiger partial charge in [0.2, 0.25) is 17.7 Å². The van der Waals surface area contributed by atoms with E-state index in [0.29, 0.717) is 25.7 Å². The minimum atomic E-state index is -1.35. The molecule has 2 fully saturated rings. The van der Waals surface area contributed by atoms with E-state index in [1.54, 1.807) is 6.92 Å². The quantitative estimate of drug-likeness (QED) is 0.660. The van der Waals surface area contributed by atoms with Crippen molar-refractivity contribution in [1.29, 1.82) is 0 Å². The summed E-state index contributed by atoms with van der Waals surface area (Å²) in [6.45, 7) is 1.55. The maximum atomic E-state index is 13.8. The minimum absolute atomic E-state index is 0.100. The monoisotopic (exact) mass is 443 g/mol. The van der Waals surface area contributed by atoms with E-state index in [2.05, 4.69) is 44.8 Å². The first-order valence-electron chi connectivity index (χ1n) is 9.27. The van der Waals surface area contributed by atoms with Crippen molar-refractivity contribution >= 4 is 30.4 Å². The molecule has 0 spiro atoms. The summed E-state index contributed by atoms with van der Waals surface area (Å²) in [5.74, 6) is -0.574. The lowest BCUT2D eigenvalue weighted by Gasteiger charge is -2.39. The molecule has 0 saturated heterocycles. The summed E-state index contributed by atoms with van der Waals surface area (Å²) in [7, 11) is 4.22. The largest absolute Gasteiger partial charge is 0.351 e. The van der Waals surface area contributed by atoms with Gasteiger partial charge in [0, 0.05) is 44.0 Å². The number of halogens is 3. The van der Waals surface area contributed by atoms with Crippen molar-refractivity contribution in [2.45, 2.75) is 61.7 Å². The van der Waals surface area contributed by atoms with E-state index in [-0.39, 0.29) is 41.3 Å². The molecule has 2 heterocycles. The Kier molecular flexibility index (Phi) is 5.36. The van der Waals surface area contributed by atoms with Gasteiger partial charge in [-0.05, 0) is 13.0 Å². The van der Waals surface area contributed by atoms with Gasteiger partial charge in [0.25, 0.3) is 0 Å². The standard InChI is InChI=1S/C17H22F3N7P2/c1-16(19)4-8(5-16)22-14-25-13(12-21-3-2-10(24-12)11(18)28)26-15(27-14)23-9-6-17(20,29)7-9/h2-3,8-9,11H,4-7,28-29H2,1H3,(H2,22,23,25,26,27). The van der Waals surface area contributed by atoms with Crippen LogP contribution >= 0.6 is 18.5 Å². The third-order valence-electron chi connectivity index (χ3n) is 4.98. The number of hydrogen-bond donors (Lipinski definition) is 2. The van der Waals surface area contributed by atoms with Crippen molar-refractivity contribution in [3.8, 4) is 11.6 Å². The molecule has 3 atom stereocenters. The zero-order valence-corrected chi connectivity index (χ0v) is 18.0. The molecule has 156 valence electrons. The Bertz CT molecular complexity index is 852. The van der Waals surface area contributed by atoms with Crippen LogP contribution in [-0.2, 0) is 0 Å². The van der Waals surface area contributed by atoms with E-state index in [1.165, 1.54) is 12.3 Å². The van der Waals surface area contributed by atoms with Crippen molar-refractivity contribution in [2.75, 3.05) is 10.6 Å². The molecule has 2 aliphatic carbocycles. The summed E-state index contributed by atoms with van der Waals surface area (Å²) < 4.78 is 41.2. The van der Waals surface area contributed by atoms with E-state index < -0.39 is 17.0 Å². The highest BCUT2D eigenvalue weighted by Gasteiger charge is 2.42. The predicted molar refractivity (Wildman–Crippen MR) is 111 cm³/mol. The molecule has 2 saturated carbocycles. The van der Waals surface area contributed by atoms with Crippen LogP contribution in [0, 0.1) is 0 Å². The van der Waals surface area contributed by atoms with Gasteiger partial charge in [-0.15, -0.1) is 0 Å². The fraction of sp³-hybridized carbons (Fsp3) is 0.588. The van der Waals surface area contributed by atoms with Crippen LogP contribution in [-0.4, -0.2) is 48.1 Å². The molecular weight excluding hydrogens is 421 g/mol. The Morgan fingerprint density at radius 3 is 2.10 bits per heavy atom. The van der Waals surface area contributed by atoms with Crippen LogP contribution in [0.3, 0.4) is 0 Å². The van der Waals surface area contributed by atoms with Crippen LogP contribution in [0.5, 0.6) is 0 Å². The summed E-state index contributed by atoms with van der Waals surface area (Å²) in [6, 6.07) is 1.25. The Morgan fingerprint density at radius 1 is 1.00 bits per heavy atom. The van der Waals surface area contributed by atoms with E-state index in [0.717, 1.165) is 0 Å². The molecule has 0 aliphatic heterocycles. The fourth-order valence-corrected chi connectivity index (χ4v) is 4.29. The van der Waals surface area contributed by atoms with Crippen molar-refractivity contribution in [1.82, 2.24) is 24.9 Å². The van der Waals surface area contributed by atoms with Gasteiger partial charge in [0.15, 0.2) is 11.7 Å². The summed E-state index contributed by atoms with van der Waals surface area (Å²) in [6.07, 6.45) is 2.75. The molecule has 29 heavy (non-hydrogen) atoms. The molecule has 0 radical (unpaired) electrons. The Labute approximate surface area is 170 Å². The van der Waals surface area contributed by atoms with Crippen LogP contribution in [0.2, 0.25) is 0 Å². The molecule has 7 nitrogen and oxygen atoms in total. The maximum Gasteiger partial charge on any atom is 0.228 e. The van der Waals surface area contributed by atoms with E-state index in [4.69, 9.17) is 0 Å². The normalized spacial score (nSPS) is 32.1. The third kappa shape index (κ3) is 4.92. The zero-order chi connectivity index (χ0) is 20.8. The van der Waals surface area contributed by atoms with Gasteiger partial charge in [-0.1, -0.05) is 18.5 Å². The van der Waals surface area contributed by atoms with E-state index in [1.807, 2.05) is 9.24 Å². The number of alkyl halides is 3. The summed E-state index contributed by atoms with van der Waals surface area (Å²) in [5.41, 5.74) is -1.02. The number of nitrogens with zero attached hydrogens (tertiary/aromatic N) is 5. The second kappa shape index (κ2) is 7.55. The molecule has 3 unspecified atom stereocenters. The third-order valence-corrected chi connectivity index (χ3v) is 5.79. The topological polar surface area (TPSA) is 88.5 Å². The highest BCUT2D eigenvalue weighted by atomic mass is 31.0. The molecule has 2 N–H and O–H groups in total. The zero-order valence-electron chi connectivity index (χ0n) is 15.7. The molecule has 0 amide bonds. The Balaban J connectivity index is 1.60. The number of hydrogen-bond acceptors (Lipinski definition) is 7. The second-order valence-electron chi connectivity index (χ2n) is 7.96. The lowest BCUT2D eigenvalue weighted by molar-refractivity contribution is 0.0720. The van der Waals surface area contributed by atoms with Gasteiger partial charge >= 0.3 is 0 Å². The first-order chi connectivity index (χ1) is 13.6. The molecule has 2 aromatic rings. The van der Waals surface area contributed by atoms with Crippen LogP contribution in [0.15, 0.2) is 12.3 Å². The first kappa shape index (κ1) is 20.6. The Hall–Kier alpha value is -1.66. The van der Waals surface area contributed by atoms with Gasteiger partial charge < -0.3 is 10.6 Å². The number of anilines is 2. The van der Waals surface area contributed by atoms with Crippen LogP contribution in [0.25, 0.3) is 11.6 Å². The lowest BCUT2D eigenvalue weighted by Crippen LogP contribution is -2.45. The van der Waals surface area contributed by atoms with Crippen LogP contribution < -0.4 is 10.6 Å². The van der Waals surface area contributed by atoms with Gasteiger partial charge in [0.05, 0.1) is 5.69 Å². The molecule has 0 bridgehead atoms. The van der Waals surface area contributed by atoms with Gasteiger partial charge in [-0.3, -0.25) is 0 Å². The highest BCUT2D eigenvalue weighted by molar-refractivity contribution is 7.18. The molecular formula is C17H22F3N7P2. The SMILES string of the molecule is CC1(F)CC(Nc2nc(NC3CC(F)(P)C3)nc(-c3nccc(C(F)P)n3)n2)C1. The second-order valence-corrected chi connectivity index (χ2v) is 9.58. The average molecular weight is 443 g/mol. The summed E-state index contributed by atoms with van der Waals surface area (Å²) >= 11 is 0. The molecule has 12 heteroatoms. The molecule has 2 aliphatic rings. The summed E-state index contributed by atoms with van der Waals surface area (Å²) in [5, 5.41) is 4.90.